The molecule has 1 aliphatic carbocycles. The summed E-state index contributed by atoms with van der Waals surface area (Å²) >= 11 is 0. The Balaban J connectivity index is 1.48. The molecule has 0 amide bonds. The minimum Gasteiger partial charge on any atom is -0.406 e. The van der Waals surface area contributed by atoms with Gasteiger partial charge in [0.2, 0.25) is 0 Å². The van der Waals surface area contributed by atoms with Gasteiger partial charge in [-0.3, -0.25) is 0 Å². The Labute approximate surface area is 212 Å². The van der Waals surface area contributed by atoms with Crippen LogP contribution in [0.3, 0.4) is 0 Å². The molecule has 37 heavy (non-hydrogen) atoms. The lowest BCUT2D eigenvalue weighted by Gasteiger charge is -2.26. The van der Waals surface area contributed by atoms with E-state index >= 15 is 0 Å². The van der Waals surface area contributed by atoms with Gasteiger partial charge in [0.05, 0.1) is 5.56 Å². The second kappa shape index (κ2) is 11.3. The summed E-state index contributed by atoms with van der Waals surface area (Å²) in [5.41, 5.74) is 2.92. The molecule has 0 bridgehead atoms. The molecule has 1 unspecified atom stereocenters. The van der Waals surface area contributed by atoms with Gasteiger partial charge in [-0.05, 0) is 96.7 Å². The van der Waals surface area contributed by atoms with Gasteiger partial charge in [-0.2, -0.15) is 0 Å². The molecule has 0 aromatic heterocycles. The molecular weight excluding hydrogens is 490 g/mol. The van der Waals surface area contributed by atoms with Crippen LogP contribution in [0.1, 0.15) is 71.9 Å². The van der Waals surface area contributed by atoms with Crippen LogP contribution in [0.15, 0.2) is 48.5 Å². The fraction of sp³-hybridized carbons (Fsp3) is 0.333. The van der Waals surface area contributed by atoms with Crippen molar-refractivity contribution in [1.82, 2.24) is 0 Å². The van der Waals surface area contributed by atoms with Crippen molar-refractivity contribution in [2.24, 2.45) is 0 Å². The summed E-state index contributed by atoms with van der Waals surface area (Å²) in [4.78, 5) is 0. The van der Waals surface area contributed by atoms with E-state index in [-0.39, 0.29) is 17.2 Å². The van der Waals surface area contributed by atoms with Crippen molar-refractivity contribution in [3.05, 3.63) is 99.4 Å². The molecule has 0 heterocycles. The summed E-state index contributed by atoms with van der Waals surface area (Å²) in [6.07, 6.45) is 0.0542. The fourth-order valence-electron chi connectivity index (χ4n) is 4.70. The molecule has 194 valence electrons. The molecule has 0 spiro atoms. The van der Waals surface area contributed by atoms with Crippen molar-refractivity contribution in [3.8, 4) is 17.6 Å². The summed E-state index contributed by atoms with van der Waals surface area (Å²) in [6, 6.07) is 11.4. The van der Waals surface area contributed by atoms with Gasteiger partial charge in [0.1, 0.15) is 11.6 Å². The molecule has 0 radical (unpaired) electrons. The molecular formula is C30H26F6O. The average Bonchev–Trinajstić information content (AvgIpc) is 2.85. The van der Waals surface area contributed by atoms with Crippen LogP contribution in [0.2, 0.25) is 0 Å². The first-order chi connectivity index (χ1) is 17.6. The SMILES string of the molecule is CCCCCc1ccc(C2CCc3cc(C#Cc4ccc(OC(F)(F)F)cc4)c(F)cc3C2)c(F)c1F. The maximum atomic E-state index is 14.9. The maximum Gasteiger partial charge on any atom is 0.573 e. The van der Waals surface area contributed by atoms with Crippen molar-refractivity contribution in [1.29, 1.82) is 0 Å². The largest absolute Gasteiger partial charge is 0.573 e. The van der Waals surface area contributed by atoms with Crippen LogP contribution in [-0.4, -0.2) is 6.36 Å². The van der Waals surface area contributed by atoms with E-state index in [2.05, 4.69) is 23.5 Å². The molecule has 0 aliphatic heterocycles. The summed E-state index contributed by atoms with van der Waals surface area (Å²) in [5, 5.41) is 0. The van der Waals surface area contributed by atoms with Crippen LogP contribution in [0, 0.1) is 29.3 Å². The van der Waals surface area contributed by atoms with Crippen LogP contribution < -0.4 is 4.74 Å². The van der Waals surface area contributed by atoms with Crippen molar-refractivity contribution < 1.29 is 31.1 Å². The number of aryl methyl sites for hydroxylation is 2. The highest BCUT2D eigenvalue weighted by molar-refractivity contribution is 5.48. The topological polar surface area (TPSA) is 9.23 Å². The third-order valence-electron chi connectivity index (χ3n) is 6.63. The van der Waals surface area contributed by atoms with E-state index in [1.54, 1.807) is 18.2 Å². The first-order valence-corrected chi connectivity index (χ1v) is 12.3. The van der Waals surface area contributed by atoms with E-state index in [0.717, 1.165) is 42.5 Å². The predicted molar refractivity (Wildman–Crippen MR) is 130 cm³/mol. The molecule has 0 saturated carbocycles. The Morgan fingerprint density at radius 3 is 2.35 bits per heavy atom. The Morgan fingerprint density at radius 2 is 1.65 bits per heavy atom. The van der Waals surface area contributed by atoms with E-state index in [1.165, 1.54) is 18.2 Å². The highest BCUT2D eigenvalue weighted by atomic mass is 19.4. The van der Waals surface area contributed by atoms with Gasteiger partial charge >= 0.3 is 6.36 Å². The van der Waals surface area contributed by atoms with Gasteiger partial charge in [-0.15, -0.1) is 13.2 Å². The third-order valence-corrected chi connectivity index (χ3v) is 6.63. The molecule has 0 fully saturated rings. The molecule has 1 atom stereocenters. The number of fused-ring (bicyclic) bond motifs is 1. The summed E-state index contributed by atoms with van der Waals surface area (Å²) in [6.45, 7) is 2.05. The van der Waals surface area contributed by atoms with Gasteiger partial charge in [0.15, 0.2) is 11.6 Å². The zero-order chi connectivity index (χ0) is 26.6. The second-order valence-corrected chi connectivity index (χ2v) is 9.26. The number of hydrogen-bond donors (Lipinski definition) is 0. The Kier molecular flexibility index (Phi) is 8.16. The smallest absolute Gasteiger partial charge is 0.406 e. The van der Waals surface area contributed by atoms with Gasteiger partial charge in [-0.25, -0.2) is 13.2 Å². The van der Waals surface area contributed by atoms with Gasteiger partial charge in [0.25, 0.3) is 0 Å². The Morgan fingerprint density at radius 1 is 0.892 bits per heavy atom. The number of hydrogen-bond acceptors (Lipinski definition) is 1. The first-order valence-electron chi connectivity index (χ1n) is 12.3. The van der Waals surface area contributed by atoms with Crippen LogP contribution in [0.25, 0.3) is 0 Å². The standard InChI is InChI=1S/C30H26F6O/c1-2-3-4-5-20-12-15-26(29(33)28(20)32)22-11-10-21-16-23(27(31)18-24(21)17-22)9-6-19-7-13-25(14-8-19)37-30(34,35)36/h7-8,12-16,18,22H,2-5,10-11,17H2,1H3. The van der Waals surface area contributed by atoms with Crippen molar-refractivity contribution in [2.45, 2.75) is 64.1 Å². The minimum absolute atomic E-state index is 0.168. The normalized spacial score (nSPS) is 15.1. The predicted octanol–water partition coefficient (Wildman–Crippen LogP) is 8.41. The van der Waals surface area contributed by atoms with Crippen molar-refractivity contribution in [2.75, 3.05) is 0 Å². The van der Waals surface area contributed by atoms with E-state index in [9.17, 15) is 26.3 Å². The summed E-state index contributed by atoms with van der Waals surface area (Å²) < 4.78 is 85.1. The number of alkyl halides is 3. The molecule has 1 aliphatic rings. The van der Waals surface area contributed by atoms with Crippen LogP contribution in [-0.2, 0) is 19.3 Å². The van der Waals surface area contributed by atoms with Gasteiger partial charge in [0, 0.05) is 5.56 Å². The minimum atomic E-state index is -4.78. The summed E-state index contributed by atoms with van der Waals surface area (Å²) in [7, 11) is 0. The van der Waals surface area contributed by atoms with Crippen molar-refractivity contribution in [3.63, 3.8) is 0 Å². The van der Waals surface area contributed by atoms with Crippen LogP contribution >= 0.6 is 0 Å². The van der Waals surface area contributed by atoms with E-state index < -0.39 is 23.8 Å². The highest BCUT2D eigenvalue weighted by Crippen LogP contribution is 2.36. The lowest BCUT2D eigenvalue weighted by atomic mass is 9.79. The zero-order valence-corrected chi connectivity index (χ0v) is 20.3. The third kappa shape index (κ3) is 6.68. The van der Waals surface area contributed by atoms with Gasteiger partial charge < -0.3 is 4.74 Å². The highest BCUT2D eigenvalue weighted by Gasteiger charge is 2.31. The van der Waals surface area contributed by atoms with Crippen LogP contribution in [0.5, 0.6) is 5.75 Å². The molecule has 4 rings (SSSR count). The Hall–Kier alpha value is -3.40. The number of rotatable bonds is 6. The molecule has 0 saturated heterocycles. The number of unbranched alkanes of at least 4 members (excludes halogenated alkanes) is 2. The fourth-order valence-corrected chi connectivity index (χ4v) is 4.70. The van der Waals surface area contributed by atoms with Crippen molar-refractivity contribution >= 4 is 0 Å². The quantitative estimate of drug-likeness (QED) is 0.182. The van der Waals surface area contributed by atoms with E-state index in [4.69, 9.17) is 0 Å². The molecule has 7 heteroatoms. The molecule has 3 aromatic rings. The number of benzene rings is 3. The molecule has 0 N–H and O–H groups in total. The van der Waals surface area contributed by atoms with E-state index in [0.29, 0.717) is 42.4 Å². The zero-order valence-electron chi connectivity index (χ0n) is 20.3. The monoisotopic (exact) mass is 516 g/mol. The first kappa shape index (κ1) is 26.7. The second-order valence-electron chi connectivity index (χ2n) is 9.26. The number of ether oxygens (including phenoxy) is 1. The lowest BCUT2D eigenvalue weighted by Crippen LogP contribution is -2.16. The lowest BCUT2D eigenvalue weighted by molar-refractivity contribution is -0.274. The number of halogens is 6. The van der Waals surface area contributed by atoms with Gasteiger partial charge in [-0.1, -0.05) is 43.7 Å². The average molecular weight is 517 g/mol. The van der Waals surface area contributed by atoms with E-state index in [1.807, 2.05) is 0 Å². The molecule has 3 aromatic carbocycles. The van der Waals surface area contributed by atoms with Crippen LogP contribution in [0.4, 0.5) is 26.3 Å². The summed E-state index contributed by atoms with van der Waals surface area (Å²) in [5.74, 6) is 2.74. The maximum absolute atomic E-state index is 14.9. The molecule has 1 nitrogen and oxygen atoms in total. The Bertz CT molecular complexity index is 1320.